The second-order valence-electron chi connectivity index (χ2n) is 6.99. The molecule has 0 unspecified atom stereocenters. The third kappa shape index (κ3) is 4.85. The lowest BCUT2D eigenvalue weighted by atomic mass is 10.2. The van der Waals surface area contributed by atoms with E-state index in [0.717, 1.165) is 0 Å². The number of hydrogen-bond donors (Lipinski definition) is 0. The van der Waals surface area contributed by atoms with Crippen LogP contribution in [0.3, 0.4) is 0 Å². The molecular formula is C20H20ClFN4O2S2. The second-order valence-corrected chi connectivity index (χ2v) is 9.26. The molecule has 158 valence electrons. The minimum atomic E-state index is -0.300. The zero-order valence-electron chi connectivity index (χ0n) is 16.1. The van der Waals surface area contributed by atoms with Crippen LogP contribution in [0.25, 0.3) is 4.96 Å². The first-order valence-corrected chi connectivity index (χ1v) is 11.9. The first-order valence-electron chi connectivity index (χ1n) is 9.48. The molecule has 1 aliphatic heterocycles. The van der Waals surface area contributed by atoms with Crippen LogP contribution >= 0.6 is 34.7 Å². The van der Waals surface area contributed by atoms with Gasteiger partial charge in [0.15, 0.2) is 4.96 Å². The van der Waals surface area contributed by atoms with Crippen molar-refractivity contribution in [2.75, 3.05) is 31.9 Å². The molecule has 1 saturated heterocycles. The fourth-order valence-electron chi connectivity index (χ4n) is 3.36. The van der Waals surface area contributed by atoms with E-state index in [1.165, 1.54) is 39.6 Å². The molecule has 1 aromatic carbocycles. The number of hydrogen-bond acceptors (Lipinski definition) is 6. The number of carbonyl (C=O) groups is 1. The van der Waals surface area contributed by atoms with Gasteiger partial charge in [0.1, 0.15) is 5.82 Å². The minimum Gasteiger partial charge on any atom is -0.339 e. The Morgan fingerprint density at radius 3 is 2.83 bits per heavy atom. The summed E-state index contributed by atoms with van der Waals surface area (Å²) in [7, 11) is 0. The van der Waals surface area contributed by atoms with Gasteiger partial charge in [0.2, 0.25) is 5.91 Å². The third-order valence-electron chi connectivity index (χ3n) is 5.00. The summed E-state index contributed by atoms with van der Waals surface area (Å²) in [5, 5.41) is 2.25. The van der Waals surface area contributed by atoms with Crippen LogP contribution in [0.1, 0.15) is 11.3 Å². The first-order chi connectivity index (χ1) is 14.5. The van der Waals surface area contributed by atoms with Crippen LogP contribution in [-0.4, -0.2) is 57.0 Å². The van der Waals surface area contributed by atoms with Crippen molar-refractivity contribution in [2.24, 2.45) is 0 Å². The van der Waals surface area contributed by atoms with E-state index in [-0.39, 0.29) is 17.3 Å². The molecule has 1 fully saturated rings. The first kappa shape index (κ1) is 21.3. The van der Waals surface area contributed by atoms with E-state index in [9.17, 15) is 14.0 Å². The molecule has 10 heteroatoms. The molecule has 0 spiro atoms. The number of rotatable bonds is 6. The zero-order valence-corrected chi connectivity index (χ0v) is 18.5. The molecule has 0 atom stereocenters. The number of benzene rings is 1. The Bertz CT molecular complexity index is 1090. The molecular weight excluding hydrogens is 447 g/mol. The van der Waals surface area contributed by atoms with Gasteiger partial charge < -0.3 is 4.90 Å². The summed E-state index contributed by atoms with van der Waals surface area (Å²) in [6, 6.07) is 6.22. The summed E-state index contributed by atoms with van der Waals surface area (Å²) in [6.07, 6.45) is 1.70. The molecule has 0 saturated carbocycles. The number of amides is 1. The van der Waals surface area contributed by atoms with Crippen molar-refractivity contribution in [2.45, 2.75) is 12.3 Å². The number of thiazole rings is 1. The molecule has 0 radical (unpaired) electrons. The maximum atomic E-state index is 14.0. The Morgan fingerprint density at radius 1 is 1.27 bits per heavy atom. The Balaban J connectivity index is 1.24. The van der Waals surface area contributed by atoms with Gasteiger partial charge in [-0.1, -0.05) is 17.7 Å². The molecule has 0 N–H and O–H groups in total. The van der Waals surface area contributed by atoms with Crippen molar-refractivity contribution in [3.05, 3.63) is 68.3 Å². The van der Waals surface area contributed by atoms with Gasteiger partial charge in [0.25, 0.3) is 5.56 Å². The van der Waals surface area contributed by atoms with Crippen LogP contribution < -0.4 is 5.56 Å². The monoisotopic (exact) mass is 466 g/mol. The highest BCUT2D eigenvalue weighted by Crippen LogP contribution is 2.21. The molecule has 4 rings (SSSR count). The molecule has 2 aromatic heterocycles. The SMILES string of the molecule is O=C(CSCc1cc(=O)n2ccsc2n1)N1CCN(Cc2c(F)cccc2Cl)CC1. The zero-order chi connectivity index (χ0) is 21.1. The largest absolute Gasteiger partial charge is 0.339 e. The van der Waals surface area contributed by atoms with Crippen molar-refractivity contribution < 1.29 is 9.18 Å². The van der Waals surface area contributed by atoms with E-state index in [2.05, 4.69) is 9.88 Å². The number of carbonyl (C=O) groups excluding carboxylic acids is 1. The highest BCUT2D eigenvalue weighted by atomic mass is 35.5. The number of fused-ring (bicyclic) bond motifs is 1. The van der Waals surface area contributed by atoms with Gasteiger partial charge in [-0.3, -0.25) is 18.9 Å². The quantitative estimate of drug-likeness (QED) is 0.558. The summed E-state index contributed by atoms with van der Waals surface area (Å²) in [5.41, 5.74) is 1.08. The van der Waals surface area contributed by atoms with Crippen molar-refractivity contribution in [3.8, 4) is 0 Å². The average Bonchev–Trinajstić information content (AvgIpc) is 3.20. The predicted molar refractivity (Wildman–Crippen MR) is 119 cm³/mol. The molecule has 0 aliphatic carbocycles. The summed E-state index contributed by atoms with van der Waals surface area (Å²) < 4.78 is 15.5. The summed E-state index contributed by atoms with van der Waals surface area (Å²) in [4.78, 5) is 33.6. The van der Waals surface area contributed by atoms with Gasteiger partial charge in [-0.15, -0.1) is 23.1 Å². The van der Waals surface area contributed by atoms with Crippen LogP contribution in [-0.2, 0) is 17.1 Å². The fourth-order valence-corrected chi connectivity index (χ4v) is 5.14. The van der Waals surface area contributed by atoms with E-state index < -0.39 is 0 Å². The highest BCUT2D eigenvalue weighted by molar-refractivity contribution is 7.99. The van der Waals surface area contributed by atoms with E-state index in [1.807, 2.05) is 10.3 Å². The molecule has 1 aliphatic rings. The average molecular weight is 467 g/mol. The van der Waals surface area contributed by atoms with E-state index in [0.29, 0.717) is 65.5 Å². The lowest BCUT2D eigenvalue weighted by molar-refractivity contribution is -0.130. The van der Waals surface area contributed by atoms with Crippen LogP contribution in [0.5, 0.6) is 0 Å². The Hall–Kier alpha value is -1.94. The second kappa shape index (κ2) is 9.47. The summed E-state index contributed by atoms with van der Waals surface area (Å²) in [5.74, 6) is 0.620. The number of nitrogens with zero attached hydrogens (tertiary/aromatic N) is 4. The Morgan fingerprint density at radius 2 is 2.07 bits per heavy atom. The number of aromatic nitrogens is 2. The smallest absolute Gasteiger partial charge is 0.258 e. The van der Waals surface area contributed by atoms with Gasteiger partial charge in [-0.25, -0.2) is 9.37 Å². The molecule has 3 heterocycles. The van der Waals surface area contributed by atoms with Gasteiger partial charge in [-0.2, -0.15) is 0 Å². The van der Waals surface area contributed by atoms with Crippen molar-refractivity contribution >= 4 is 45.6 Å². The lowest BCUT2D eigenvalue weighted by Gasteiger charge is -2.35. The van der Waals surface area contributed by atoms with Crippen LogP contribution in [0.2, 0.25) is 5.02 Å². The van der Waals surface area contributed by atoms with E-state index in [4.69, 9.17) is 11.6 Å². The minimum absolute atomic E-state index is 0.0671. The van der Waals surface area contributed by atoms with Gasteiger partial charge in [0, 0.05) is 66.7 Å². The maximum Gasteiger partial charge on any atom is 0.258 e. The lowest BCUT2D eigenvalue weighted by Crippen LogP contribution is -2.48. The Kier molecular flexibility index (Phi) is 6.72. The number of halogens is 2. The number of thioether (sulfide) groups is 1. The van der Waals surface area contributed by atoms with Crippen LogP contribution in [0.4, 0.5) is 4.39 Å². The van der Waals surface area contributed by atoms with Crippen molar-refractivity contribution in [3.63, 3.8) is 0 Å². The fraction of sp³-hybridized carbons (Fsp3) is 0.350. The molecule has 30 heavy (non-hydrogen) atoms. The highest BCUT2D eigenvalue weighted by Gasteiger charge is 2.22. The molecule has 1 amide bonds. The predicted octanol–water partition coefficient (Wildman–Crippen LogP) is 3.13. The maximum absolute atomic E-state index is 14.0. The van der Waals surface area contributed by atoms with Crippen LogP contribution in [0, 0.1) is 5.82 Å². The van der Waals surface area contributed by atoms with Gasteiger partial charge in [0.05, 0.1) is 11.4 Å². The molecule has 0 bridgehead atoms. The van der Waals surface area contributed by atoms with Crippen LogP contribution in [0.15, 0.2) is 40.6 Å². The van der Waals surface area contributed by atoms with Gasteiger partial charge in [-0.05, 0) is 12.1 Å². The normalized spacial score (nSPS) is 15.1. The summed E-state index contributed by atoms with van der Waals surface area (Å²) in [6.45, 7) is 3.00. The van der Waals surface area contributed by atoms with Crippen molar-refractivity contribution in [1.29, 1.82) is 0 Å². The number of piperazine rings is 1. The van der Waals surface area contributed by atoms with Crippen molar-refractivity contribution in [1.82, 2.24) is 19.2 Å². The topological polar surface area (TPSA) is 57.9 Å². The third-order valence-corrected chi connectivity index (χ3v) is 7.06. The molecule has 3 aromatic rings. The molecule has 6 nitrogen and oxygen atoms in total. The van der Waals surface area contributed by atoms with Gasteiger partial charge >= 0.3 is 0 Å². The standard InChI is InChI=1S/C20H20ClFN4O2S2/c21-16-2-1-3-17(22)15(16)11-24-4-6-25(7-5-24)19(28)13-29-12-14-10-18(27)26-8-9-30-20(26)23-14/h1-3,8-10H,4-7,11-13H2. The Labute approximate surface area is 186 Å². The summed E-state index contributed by atoms with van der Waals surface area (Å²) >= 11 is 8.98. The van der Waals surface area contributed by atoms with E-state index in [1.54, 1.807) is 18.3 Å². The van der Waals surface area contributed by atoms with E-state index >= 15 is 0 Å².